The van der Waals surface area contributed by atoms with Gasteiger partial charge in [-0.15, -0.1) is 0 Å². The molecule has 2 aromatic carbocycles. The fourth-order valence-electron chi connectivity index (χ4n) is 4.27. The van der Waals surface area contributed by atoms with E-state index in [0.717, 1.165) is 11.6 Å². The fourth-order valence-corrected chi connectivity index (χ4v) is 4.54. The second kappa shape index (κ2) is 13.3. The SMILES string of the molecule is CC(C)CNC(=S)N(Cc1ccccc1C(F)(F)F)C(N)C(C)(C)C(=O)Cc1cncn1Cc1ccc(C#N)cc1. The number of nitrogens with zero attached hydrogens (tertiary/aromatic N) is 4. The van der Waals surface area contributed by atoms with Crippen LogP contribution in [0.1, 0.15) is 55.6 Å². The zero-order chi connectivity index (χ0) is 30.4. The molecule has 1 heterocycles. The van der Waals surface area contributed by atoms with Crippen LogP contribution >= 0.6 is 12.2 Å². The Morgan fingerprint density at radius 1 is 1.17 bits per heavy atom. The number of rotatable bonds is 11. The number of thiocarbonyl (C=S) groups is 1. The molecule has 0 saturated heterocycles. The number of aromatic nitrogens is 2. The summed E-state index contributed by atoms with van der Waals surface area (Å²) in [5, 5.41) is 12.3. The van der Waals surface area contributed by atoms with Crippen LogP contribution in [-0.2, 0) is 30.5 Å². The van der Waals surface area contributed by atoms with Gasteiger partial charge in [0.1, 0.15) is 5.78 Å². The average molecular weight is 585 g/mol. The lowest BCUT2D eigenvalue weighted by Gasteiger charge is -2.40. The highest BCUT2D eigenvalue weighted by Crippen LogP contribution is 2.34. The number of carbonyl (C=O) groups is 1. The predicted octanol–water partition coefficient (Wildman–Crippen LogP) is 5.28. The molecule has 11 heteroatoms. The van der Waals surface area contributed by atoms with E-state index < -0.39 is 23.3 Å². The van der Waals surface area contributed by atoms with Crippen LogP contribution in [0.25, 0.3) is 0 Å². The van der Waals surface area contributed by atoms with Crippen molar-refractivity contribution in [2.24, 2.45) is 17.1 Å². The topological polar surface area (TPSA) is 100.0 Å². The van der Waals surface area contributed by atoms with Crippen LogP contribution in [0.2, 0.25) is 0 Å². The van der Waals surface area contributed by atoms with Crippen LogP contribution in [0.3, 0.4) is 0 Å². The fraction of sp³-hybridized carbons (Fsp3) is 0.400. The highest BCUT2D eigenvalue weighted by molar-refractivity contribution is 7.80. The lowest BCUT2D eigenvalue weighted by atomic mass is 9.82. The van der Waals surface area contributed by atoms with E-state index in [9.17, 15) is 18.0 Å². The monoisotopic (exact) mass is 584 g/mol. The van der Waals surface area contributed by atoms with Crippen LogP contribution in [0.4, 0.5) is 13.2 Å². The number of hydrogen-bond acceptors (Lipinski definition) is 5. The summed E-state index contributed by atoms with van der Waals surface area (Å²) in [6, 6.07) is 14.5. The Labute approximate surface area is 244 Å². The van der Waals surface area contributed by atoms with Gasteiger partial charge in [0.25, 0.3) is 0 Å². The van der Waals surface area contributed by atoms with Crippen LogP contribution in [0, 0.1) is 22.7 Å². The normalized spacial score (nSPS) is 12.6. The van der Waals surface area contributed by atoms with Gasteiger partial charge < -0.3 is 20.5 Å². The molecule has 41 heavy (non-hydrogen) atoms. The number of imidazole rings is 1. The van der Waals surface area contributed by atoms with Gasteiger partial charge in [-0.3, -0.25) is 4.79 Å². The number of ketones is 1. The lowest BCUT2D eigenvalue weighted by Crippen LogP contribution is -2.59. The molecule has 0 amide bonds. The van der Waals surface area contributed by atoms with Crippen LogP contribution < -0.4 is 11.1 Å². The molecule has 1 aromatic heterocycles. The summed E-state index contributed by atoms with van der Waals surface area (Å²) in [5.74, 6) is 0.00636. The molecule has 7 nitrogen and oxygen atoms in total. The third-order valence-electron chi connectivity index (χ3n) is 6.96. The molecule has 1 unspecified atom stereocenters. The molecule has 0 radical (unpaired) electrons. The smallest absolute Gasteiger partial charge is 0.362 e. The molecule has 3 rings (SSSR count). The van der Waals surface area contributed by atoms with Crippen molar-refractivity contribution in [3.63, 3.8) is 0 Å². The maximum Gasteiger partial charge on any atom is 0.416 e. The molecule has 0 fully saturated rings. The van der Waals surface area contributed by atoms with E-state index in [0.29, 0.717) is 24.3 Å². The van der Waals surface area contributed by atoms with Crippen molar-refractivity contribution in [1.29, 1.82) is 5.26 Å². The van der Waals surface area contributed by atoms with E-state index in [2.05, 4.69) is 16.4 Å². The van der Waals surface area contributed by atoms with Crippen molar-refractivity contribution < 1.29 is 18.0 Å². The summed E-state index contributed by atoms with van der Waals surface area (Å²) in [6.07, 6.45) is -2.35. The predicted molar refractivity (Wildman–Crippen MR) is 155 cm³/mol. The van der Waals surface area contributed by atoms with Gasteiger partial charge in [0.2, 0.25) is 0 Å². The summed E-state index contributed by atoms with van der Waals surface area (Å²) in [5.41, 5.74) is 6.86. The third kappa shape index (κ3) is 8.15. The van der Waals surface area contributed by atoms with E-state index >= 15 is 0 Å². The maximum atomic E-state index is 13.8. The van der Waals surface area contributed by atoms with Crippen molar-refractivity contribution in [1.82, 2.24) is 19.8 Å². The number of hydrogen-bond donors (Lipinski definition) is 2. The first-order valence-electron chi connectivity index (χ1n) is 13.2. The zero-order valence-electron chi connectivity index (χ0n) is 23.6. The van der Waals surface area contributed by atoms with Gasteiger partial charge in [0.15, 0.2) is 5.11 Å². The standard InChI is InChI=1S/C30H35F3N6OS/c1-20(2)15-37-28(41)39(18-23-7-5-6-8-25(23)30(31,32)33)27(35)29(3,4)26(40)13-24-16-36-19-38(24)17-22-11-9-21(14-34)10-12-22/h5-12,16,19-20,27H,13,15,17-18,35H2,1-4H3,(H,37,41). The second-order valence-corrected chi connectivity index (χ2v) is 11.3. The first-order valence-corrected chi connectivity index (χ1v) is 13.6. The van der Waals surface area contributed by atoms with Crippen molar-refractivity contribution in [2.75, 3.05) is 6.54 Å². The minimum Gasteiger partial charge on any atom is -0.362 e. The average Bonchev–Trinajstić information content (AvgIpc) is 3.36. The van der Waals surface area contributed by atoms with Crippen molar-refractivity contribution in [2.45, 2.75) is 59.5 Å². The minimum absolute atomic E-state index is 0.00730. The number of benzene rings is 2. The summed E-state index contributed by atoms with van der Waals surface area (Å²) in [7, 11) is 0. The molecule has 3 N–H and O–H groups in total. The number of Topliss-reactive ketones (excluding diaryl/α,β-unsaturated/α-hetero) is 1. The molecule has 0 spiro atoms. The van der Waals surface area contributed by atoms with Gasteiger partial charge in [-0.05, 0) is 61.3 Å². The molecule has 0 aliphatic heterocycles. The van der Waals surface area contributed by atoms with Crippen LogP contribution in [0.15, 0.2) is 61.1 Å². The maximum absolute atomic E-state index is 13.8. The quantitative estimate of drug-likeness (QED) is 0.234. The Hall–Kier alpha value is -3.75. The summed E-state index contributed by atoms with van der Waals surface area (Å²) in [6.45, 7) is 8.02. The van der Waals surface area contributed by atoms with Crippen LogP contribution in [0.5, 0.6) is 0 Å². The van der Waals surface area contributed by atoms with Gasteiger partial charge in [-0.1, -0.05) is 44.2 Å². The third-order valence-corrected chi connectivity index (χ3v) is 7.33. The number of nitriles is 1. The van der Waals surface area contributed by atoms with Crippen molar-refractivity contribution in [3.05, 3.63) is 89.0 Å². The molecule has 0 bridgehead atoms. The zero-order valence-corrected chi connectivity index (χ0v) is 24.4. The van der Waals surface area contributed by atoms with E-state index in [1.165, 1.54) is 23.1 Å². The summed E-state index contributed by atoms with van der Waals surface area (Å²) >= 11 is 5.60. The molecule has 3 aromatic rings. The first-order chi connectivity index (χ1) is 19.2. The van der Waals surface area contributed by atoms with Gasteiger partial charge in [-0.2, -0.15) is 18.4 Å². The number of nitrogens with two attached hydrogens (primary N) is 1. The molecule has 218 valence electrons. The number of alkyl halides is 3. The molecular weight excluding hydrogens is 549 g/mol. The van der Waals surface area contributed by atoms with Gasteiger partial charge in [-0.25, -0.2) is 4.98 Å². The summed E-state index contributed by atoms with van der Waals surface area (Å²) < 4.78 is 43.2. The number of nitrogens with one attached hydrogen (secondary N) is 1. The molecule has 1 atom stereocenters. The molecular formula is C30H35F3N6OS. The van der Waals surface area contributed by atoms with Crippen LogP contribution in [-0.4, -0.2) is 38.1 Å². The first kappa shape index (κ1) is 31.8. The molecule has 0 aliphatic carbocycles. The Kier molecular flexibility index (Phi) is 10.3. The minimum atomic E-state index is -4.56. The number of halogens is 3. The second-order valence-electron chi connectivity index (χ2n) is 11.0. The number of carbonyl (C=O) groups excluding carboxylic acids is 1. The van der Waals surface area contributed by atoms with E-state index in [4.69, 9.17) is 23.2 Å². The Bertz CT molecular complexity index is 1390. The van der Waals surface area contributed by atoms with Gasteiger partial charge in [0.05, 0.1) is 35.1 Å². The van der Waals surface area contributed by atoms with E-state index in [1.807, 2.05) is 30.5 Å². The van der Waals surface area contributed by atoms with Gasteiger partial charge in [0, 0.05) is 37.9 Å². The van der Waals surface area contributed by atoms with Gasteiger partial charge >= 0.3 is 6.18 Å². The Morgan fingerprint density at radius 2 is 1.83 bits per heavy atom. The highest BCUT2D eigenvalue weighted by Gasteiger charge is 2.40. The van der Waals surface area contributed by atoms with Crippen molar-refractivity contribution >= 4 is 23.1 Å². The van der Waals surface area contributed by atoms with E-state index in [1.54, 1.807) is 38.5 Å². The van der Waals surface area contributed by atoms with E-state index in [-0.39, 0.29) is 35.3 Å². The Balaban J connectivity index is 1.85. The van der Waals surface area contributed by atoms with Crippen molar-refractivity contribution in [3.8, 4) is 6.07 Å². The molecule has 0 saturated carbocycles. The lowest BCUT2D eigenvalue weighted by molar-refractivity contribution is -0.138. The summed E-state index contributed by atoms with van der Waals surface area (Å²) in [4.78, 5) is 19.4. The largest absolute Gasteiger partial charge is 0.416 e. The Morgan fingerprint density at radius 3 is 2.44 bits per heavy atom. The molecule has 0 aliphatic rings. The highest BCUT2D eigenvalue weighted by atomic mass is 32.1.